The van der Waals surface area contributed by atoms with E-state index in [1.807, 2.05) is 26.8 Å². The van der Waals surface area contributed by atoms with E-state index in [1.54, 1.807) is 0 Å². The van der Waals surface area contributed by atoms with Crippen molar-refractivity contribution in [3.8, 4) is 0 Å². The Morgan fingerprint density at radius 3 is 2.57 bits per heavy atom. The molecule has 0 aromatic rings. The topological polar surface area (TPSA) is 26.3 Å². The molecule has 2 nitrogen and oxygen atoms in total. The van der Waals surface area contributed by atoms with Gasteiger partial charge in [0.15, 0.2) is 0 Å². The summed E-state index contributed by atoms with van der Waals surface area (Å²) in [5, 5.41) is 0. The molecule has 0 atom stereocenters. The molecule has 0 rings (SSSR count). The second kappa shape index (κ2) is 6.63. The number of rotatable bonds is 7. The number of carbonyl (C=O) groups is 1. The summed E-state index contributed by atoms with van der Waals surface area (Å²) in [5.41, 5.74) is -0.335. The molecule has 0 heterocycles. The van der Waals surface area contributed by atoms with Crippen LogP contribution in [0.1, 0.15) is 46.5 Å². The molecule has 0 aromatic carbocycles. The number of esters is 1. The van der Waals surface area contributed by atoms with Crippen LogP contribution in [0.4, 0.5) is 0 Å². The molecule has 14 heavy (non-hydrogen) atoms. The third-order valence-electron chi connectivity index (χ3n) is 2.47. The minimum absolute atomic E-state index is 0.0846. The Morgan fingerprint density at radius 1 is 1.43 bits per heavy atom. The minimum atomic E-state index is -0.335. The van der Waals surface area contributed by atoms with Gasteiger partial charge in [-0.15, -0.1) is 6.58 Å². The van der Waals surface area contributed by atoms with Gasteiger partial charge in [-0.1, -0.05) is 13.0 Å². The Labute approximate surface area is 87.3 Å². The average molecular weight is 198 g/mol. The molecule has 0 saturated heterocycles. The third-order valence-corrected chi connectivity index (χ3v) is 2.47. The zero-order chi connectivity index (χ0) is 11.0. The molecule has 0 aromatic heterocycles. The molecule has 0 unspecified atom stereocenters. The first-order valence-electron chi connectivity index (χ1n) is 5.32. The van der Waals surface area contributed by atoms with E-state index in [1.165, 1.54) is 0 Å². The van der Waals surface area contributed by atoms with Crippen LogP contribution in [0.5, 0.6) is 0 Å². The lowest BCUT2D eigenvalue weighted by Crippen LogP contribution is -2.26. The first-order valence-corrected chi connectivity index (χ1v) is 5.32. The Hall–Kier alpha value is -0.790. The fourth-order valence-corrected chi connectivity index (χ4v) is 0.895. The second-order valence-electron chi connectivity index (χ2n) is 4.16. The highest BCUT2D eigenvalue weighted by Gasteiger charge is 2.26. The van der Waals surface area contributed by atoms with Crippen LogP contribution in [0, 0.1) is 5.41 Å². The highest BCUT2D eigenvalue weighted by molar-refractivity contribution is 5.75. The first-order chi connectivity index (χ1) is 6.54. The maximum atomic E-state index is 11.5. The molecular weight excluding hydrogens is 176 g/mol. The van der Waals surface area contributed by atoms with E-state index in [9.17, 15) is 4.79 Å². The Bertz CT molecular complexity index is 183. The monoisotopic (exact) mass is 198 g/mol. The lowest BCUT2D eigenvalue weighted by atomic mass is 9.91. The largest absolute Gasteiger partial charge is 0.465 e. The predicted octanol–water partition coefficient (Wildman–Crippen LogP) is 3.32. The summed E-state index contributed by atoms with van der Waals surface area (Å²) in [6, 6.07) is 0. The fraction of sp³-hybridized carbons (Fsp3) is 0.750. The lowest BCUT2D eigenvalue weighted by Gasteiger charge is -2.20. The van der Waals surface area contributed by atoms with Crippen molar-refractivity contribution in [2.45, 2.75) is 46.5 Å². The summed E-state index contributed by atoms with van der Waals surface area (Å²) < 4.78 is 5.17. The molecule has 0 spiro atoms. The quantitative estimate of drug-likeness (QED) is 0.356. The zero-order valence-corrected chi connectivity index (χ0v) is 9.64. The number of hydrogen-bond donors (Lipinski definition) is 0. The molecule has 0 fully saturated rings. The molecule has 2 heteroatoms. The summed E-state index contributed by atoms with van der Waals surface area (Å²) in [7, 11) is 0. The maximum absolute atomic E-state index is 11.5. The van der Waals surface area contributed by atoms with Gasteiger partial charge in [-0.3, -0.25) is 4.79 Å². The Morgan fingerprint density at radius 2 is 2.07 bits per heavy atom. The first kappa shape index (κ1) is 13.2. The number of unbranched alkanes of at least 4 members (excludes halogenated alkanes) is 2. The summed E-state index contributed by atoms with van der Waals surface area (Å²) in [6.45, 7) is 10.0. The van der Waals surface area contributed by atoms with E-state index in [0.717, 1.165) is 25.7 Å². The van der Waals surface area contributed by atoms with Gasteiger partial charge in [-0.2, -0.15) is 0 Å². The smallest absolute Gasteiger partial charge is 0.311 e. The van der Waals surface area contributed by atoms with Crippen LogP contribution in [0.15, 0.2) is 12.7 Å². The molecule has 0 saturated carbocycles. The summed E-state index contributed by atoms with van der Waals surface area (Å²) in [5.74, 6) is -0.0846. The molecule has 0 amide bonds. The predicted molar refractivity (Wildman–Crippen MR) is 59.1 cm³/mol. The van der Waals surface area contributed by atoms with Gasteiger partial charge in [0, 0.05) is 0 Å². The van der Waals surface area contributed by atoms with E-state index in [4.69, 9.17) is 4.74 Å². The lowest BCUT2D eigenvalue weighted by molar-refractivity contribution is -0.154. The van der Waals surface area contributed by atoms with Gasteiger partial charge in [-0.05, 0) is 39.5 Å². The van der Waals surface area contributed by atoms with E-state index in [2.05, 4.69) is 6.58 Å². The van der Waals surface area contributed by atoms with Gasteiger partial charge in [0.05, 0.1) is 12.0 Å². The van der Waals surface area contributed by atoms with Crippen LogP contribution in [0.2, 0.25) is 0 Å². The van der Waals surface area contributed by atoms with Gasteiger partial charge in [0.25, 0.3) is 0 Å². The van der Waals surface area contributed by atoms with E-state index >= 15 is 0 Å². The molecule has 0 bridgehead atoms. The van der Waals surface area contributed by atoms with Gasteiger partial charge in [0.1, 0.15) is 0 Å². The molecule has 0 radical (unpaired) electrons. The van der Waals surface area contributed by atoms with Crippen molar-refractivity contribution < 1.29 is 9.53 Å². The van der Waals surface area contributed by atoms with Crippen LogP contribution >= 0.6 is 0 Å². The minimum Gasteiger partial charge on any atom is -0.465 e. The van der Waals surface area contributed by atoms with Crippen LogP contribution in [0.25, 0.3) is 0 Å². The molecule has 0 aliphatic heterocycles. The Balaban J connectivity index is 3.59. The standard InChI is InChI=1S/C12H22O2/c1-5-7-8-9-10-14-11(13)12(3,4)6-2/h5H,1,6-10H2,2-4H3. The van der Waals surface area contributed by atoms with Gasteiger partial charge in [0.2, 0.25) is 0 Å². The van der Waals surface area contributed by atoms with Crippen molar-refractivity contribution in [2.24, 2.45) is 5.41 Å². The van der Waals surface area contributed by atoms with Crippen molar-refractivity contribution in [1.82, 2.24) is 0 Å². The average Bonchev–Trinajstić information content (AvgIpc) is 2.17. The Kier molecular flexibility index (Phi) is 6.26. The van der Waals surface area contributed by atoms with Crippen molar-refractivity contribution in [3.63, 3.8) is 0 Å². The number of ether oxygens (including phenoxy) is 1. The van der Waals surface area contributed by atoms with Crippen molar-refractivity contribution in [1.29, 1.82) is 0 Å². The van der Waals surface area contributed by atoms with Crippen LogP contribution in [0.3, 0.4) is 0 Å². The highest BCUT2D eigenvalue weighted by Crippen LogP contribution is 2.21. The van der Waals surface area contributed by atoms with Gasteiger partial charge >= 0.3 is 5.97 Å². The zero-order valence-electron chi connectivity index (χ0n) is 9.64. The van der Waals surface area contributed by atoms with Gasteiger partial charge < -0.3 is 4.74 Å². The van der Waals surface area contributed by atoms with Crippen LogP contribution < -0.4 is 0 Å². The molecule has 0 aliphatic carbocycles. The number of hydrogen-bond acceptors (Lipinski definition) is 2. The second-order valence-corrected chi connectivity index (χ2v) is 4.16. The fourth-order valence-electron chi connectivity index (χ4n) is 0.895. The van der Waals surface area contributed by atoms with Crippen molar-refractivity contribution in [2.75, 3.05) is 6.61 Å². The third kappa shape index (κ3) is 5.05. The van der Waals surface area contributed by atoms with E-state index in [-0.39, 0.29) is 11.4 Å². The highest BCUT2D eigenvalue weighted by atomic mass is 16.5. The molecular formula is C12H22O2. The summed E-state index contributed by atoms with van der Waals surface area (Å²) in [4.78, 5) is 11.5. The normalized spacial score (nSPS) is 11.1. The summed E-state index contributed by atoms with van der Waals surface area (Å²) >= 11 is 0. The van der Waals surface area contributed by atoms with Crippen molar-refractivity contribution in [3.05, 3.63) is 12.7 Å². The van der Waals surface area contributed by atoms with Crippen molar-refractivity contribution >= 4 is 5.97 Å². The number of allylic oxidation sites excluding steroid dienone is 1. The van der Waals surface area contributed by atoms with Crippen LogP contribution in [-0.4, -0.2) is 12.6 Å². The van der Waals surface area contributed by atoms with Crippen LogP contribution in [-0.2, 0) is 9.53 Å². The summed E-state index contributed by atoms with van der Waals surface area (Å²) in [6.07, 6.45) is 5.67. The maximum Gasteiger partial charge on any atom is 0.311 e. The SMILES string of the molecule is C=CCCCCOC(=O)C(C)(C)CC. The van der Waals surface area contributed by atoms with Gasteiger partial charge in [-0.25, -0.2) is 0 Å². The molecule has 0 aliphatic rings. The molecule has 0 N–H and O–H groups in total. The number of carbonyl (C=O) groups excluding carboxylic acids is 1. The molecule has 82 valence electrons. The van der Waals surface area contributed by atoms with E-state index < -0.39 is 0 Å². The van der Waals surface area contributed by atoms with E-state index in [0.29, 0.717) is 6.61 Å².